The van der Waals surface area contributed by atoms with Crippen LogP contribution < -0.4 is 16.6 Å². The van der Waals surface area contributed by atoms with E-state index in [1.54, 1.807) is 12.1 Å². The summed E-state index contributed by atoms with van der Waals surface area (Å²) < 4.78 is 5.44. The molecule has 4 N–H and O–H groups in total. The molecule has 6 heteroatoms. The molecule has 0 radical (unpaired) electrons. The molecule has 0 aromatic carbocycles. The second-order valence-electron chi connectivity index (χ2n) is 4.45. The molecule has 98 valence electrons. The number of ether oxygens (including phenoxy) is 1. The van der Waals surface area contributed by atoms with Crippen LogP contribution in [0.1, 0.15) is 30.3 Å². The van der Waals surface area contributed by atoms with E-state index in [0.29, 0.717) is 18.0 Å². The molecule has 2 heterocycles. The van der Waals surface area contributed by atoms with E-state index in [2.05, 4.69) is 15.7 Å². The number of carbonyl (C=O) groups excluding carboxylic acids is 1. The van der Waals surface area contributed by atoms with Crippen molar-refractivity contribution in [2.75, 3.05) is 12.0 Å². The Kier molecular flexibility index (Phi) is 4.11. The lowest BCUT2D eigenvalue weighted by Crippen LogP contribution is -2.41. The van der Waals surface area contributed by atoms with Crippen LogP contribution in [0.3, 0.4) is 0 Å². The van der Waals surface area contributed by atoms with Crippen molar-refractivity contribution in [2.24, 2.45) is 5.84 Å². The van der Waals surface area contributed by atoms with Gasteiger partial charge in [-0.3, -0.25) is 10.6 Å². The molecule has 0 bridgehead atoms. The lowest BCUT2D eigenvalue weighted by atomic mass is 10.0. The Hall–Kier alpha value is -1.66. The molecule has 0 aliphatic carbocycles. The molecule has 1 aromatic heterocycles. The van der Waals surface area contributed by atoms with Crippen LogP contribution in [-0.2, 0) is 4.74 Å². The third-order valence-corrected chi connectivity index (χ3v) is 2.98. The third-order valence-electron chi connectivity index (χ3n) is 2.98. The third kappa shape index (κ3) is 3.18. The number of nitrogens with zero attached hydrogens (tertiary/aromatic N) is 1. The summed E-state index contributed by atoms with van der Waals surface area (Å²) >= 11 is 0. The minimum Gasteiger partial charge on any atom is -0.378 e. The van der Waals surface area contributed by atoms with Gasteiger partial charge in [0.05, 0.1) is 18.0 Å². The predicted octanol–water partition coefficient (Wildman–Crippen LogP) is 0.664. The Balaban J connectivity index is 1.94. The fourth-order valence-corrected chi connectivity index (χ4v) is 2.00. The number of pyridine rings is 1. The Morgan fingerprint density at radius 3 is 3.00 bits per heavy atom. The Labute approximate surface area is 106 Å². The summed E-state index contributed by atoms with van der Waals surface area (Å²) in [5, 5.41) is 2.97. The van der Waals surface area contributed by atoms with Crippen molar-refractivity contribution in [1.82, 2.24) is 10.3 Å². The Morgan fingerprint density at radius 1 is 1.56 bits per heavy atom. The van der Waals surface area contributed by atoms with Gasteiger partial charge in [0.2, 0.25) is 0 Å². The highest BCUT2D eigenvalue weighted by Crippen LogP contribution is 2.13. The van der Waals surface area contributed by atoms with Gasteiger partial charge >= 0.3 is 0 Å². The molecule has 2 rings (SSSR count). The maximum Gasteiger partial charge on any atom is 0.270 e. The van der Waals surface area contributed by atoms with Gasteiger partial charge in [0.1, 0.15) is 5.69 Å². The summed E-state index contributed by atoms with van der Waals surface area (Å²) in [4.78, 5) is 16.0. The SMILES string of the molecule is CC1CC(NC(=O)c2ccc(NN)cn2)CCO1. The summed E-state index contributed by atoms with van der Waals surface area (Å²) in [6.45, 7) is 2.70. The molecule has 2 atom stereocenters. The van der Waals surface area contributed by atoms with Crippen molar-refractivity contribution in [1.29, 1.82) is 0 Å². The highest BCUT2D eigenvalue weighted by molar-refractivity contribution is 5.92. The number of carbonyl (C=O) groups is 1. The highest BCUT2D eigenvalue weighted by Gasteiger charge is 2.21. The number of hydrazine groups is 1. The summed E-state index contributed by atoms with van der Waals surface area (Å²) in [6, 6.07) is 3.53. The number of amides is 1. The van der Waals surface area contributed by atoms with Gasteiger partial charge in [0.15, 0.2) is 0 Å². The fourth-order valence-electron chi connectivity index (χ4n) is 2.00. The van der Waals surface area contributed by atoms with Crippen LogP contribution >= 0.6 is 0 Å². The van der Waals surface area contributed by atoms with Gasteiger partial charge in [-0.15, -0.1) is 0 Å². The van der Waals surface area contributed by atoms with Crippen molar-refractivity contribution < 1.29 is 9.53 Å². The van der Waals surface area contributed by atoms with Crippen LogP contribution in [-0.4, -0.2) is 29.6 Å². The average molecular weight is 250 g/mol. The van der Waals surface area contributed by atoms with E-state index in [1.807, 2.05) is 6.92 Å². The van der Waals surface area contributed by atoms with Crippen molar-refractivity contribution in [3.05, 3.63) is 24.0 Å². The zero-order chi connectivity index (χ0) is 13.0. The number of nitrogens with two attached hydrogens (primary N) is 1. The monoisotopic (exact) mass is 250 g/mol. The van der Waals surface area contributed by atoms with Gasteiger partial charge < -0.3 is 15.5 Å². The van der Waals surface area contributed by atoms with E-state index in [4.69, 9.17) is 10.6 Å². The average Bonchev–Trinajstić information content (AvgIpc) is 2.39. The summed E-state index contributed by atoms with van der Waals surface area (Å²) in [6.07, 6.45) is 3.41. The Morgan fingerprint density at radius 2 is 2.39 bits per heavy atom. The maximum atomic E-state index is 12.0. The quantitative estimate of drug-likeness (QED) is 0.542. The van der Waals surface area contributed by atoms with Crippen molar-refractivity contribution in [3.8, 4) is 0 Å². The van der Waals surface area contributed by atoms with Crippen molar-refractivity contribution in [2.45, 2.75) is 31.9 Å². The number of hydrogen-bond acceptors (Lipinski definition) is 5. The summed E-state index contributed by atoms with van der Waals surface area (Å²) in [5.41, 5.74) is 3.54. The van der Waals surface area contributed by atoms with E-state index in [0.717, 1.165) is 12.8 Å². The molecule has 1 saturated heterocycles. The molecule has 6 nitrogen and oxygen atoms in total. The molecule has 1 aliphatic rings. The topological polar surface area (TPSA) is 89.3 Å². The zero-order valence-corrected chi connectivity index (χ0v) is 10.3. The van der Waals surface area contributed by atoms with Gasteiger partial charge in [0.25, 0.3) is 5.91 Å². The highest BCUT2D eigenvalue weighted by atomic mass is 16.5. The first-order chi connectivity index (χ1) is 8.69. The lowest BCUT2D eigenvalue weighted by Gasteiger charge is -2.27. The number of hydrogen-bond donors (Lipinski definition) is 3. The van der Waals surface area contributed by atoms with Crippen LogP contribution in [0, 0.1) is 0 Å². The standard InChI is InChI=1S/C12H18N4O2/c1-8-6-9(4-5-18-8)15-12(17)11-3-2-10(16-13)7-14-11/h2-3,7-9,16H,4-6,13H2,1H3,(H,15,17). The van der Waals surface area contributed by atoms with Gasteiger partial charge in [-0.2, -0.15) is 0 Å². The first-order valence-electron chi connectivity index (χ1n) is 6.04. The maximum absolute atomic E-state index is 12.0. The predicted molar refractivity (Wildman–Crippen MR) is 67.9 cm³/mol. The summed E-state index contributed by atoms with van der Waals surface area (Å²) in [7, 11) is 0. The molecular formula is C12H18N4O2. The van der Waals surface area contributed by atoms with Gasteiger partial charge in [-0.25, -0.2) is 4.98 Å². The Bertz CT molecular complexity index is 407. The second-order valence-corrected chi connectivity index (χ2v) is 4.45. The number of nitrogen functional groups attached to an aromatic ring is 1. The first kappa shape index (κ1) is 12.8. The van der Waals surface area contributed by atoms with E-state index in [1.165, 1.54) is 6.20 Å². The molecular weight excluding hydrogens is 232 g/mol. The van der Waals surface area contributed by atoms with Crippen LogP contribution in [0.5, 0.6) is 0 Å². The normalized spacial score (nSPS) is 23.4. The molecule has 1 aromatic rings. The number of anilines is 1. The molecule has 1 amide bonds. The number of nitrogens with one attached hydrogen (secondary N) is 2. The second kappa shape index (κ2) is 5.79. The minimum atomic E-state index is -0.155. The number of aromatic nitrogens is 1. The molecule has 18 heavy (non-hydrogen) atoms. The molecule has 2 unspecified atom stereocenters. The first-order valence-corrected chi connectivity index (χ1v) is 6.04. The van der Waals surface area contributed by atoms with Gasteiger partial charge in [-0.05, 0) is 31.9 Å². The molecule has 1 fully saturated rings. The van der Waals surface area contributed by atoms with Gasteiger partial charge in [0, 0.05) is 12.6 Å². The fraction of sp³-hybridized carbons (Fsp3) is 0.500. The molecule has 0 saturated carbocycles. The van der Waals surface area contributed by atoms with Gasteiger partial charge in [-0.1, -0.05) is 0 Å². The summed E-state index contributed by atoms with van der Waals surface area (Å²) in [5.74, 6) is 5.08. The van der Waals surface area contributed by atoms with Crippen LogP contribution in [0.15, 0.2) is 18.3 Å². The zero-order valence-electron chi connectivity index (χ0n) is 10.3. The molecule has 1 aliphatic heterocycles. The van der Waals surface area contributed by atoms with Crippen LogP contribution in [0.2, 0.25) is 0 Å². The van der Waals surface area contributed by atoms with Crippen molar-refractivity contribution in [3.63, 3.8) is 0 Å². The largest absolute Gasteiger partial charge is 0.378 e. The van der Waals surface area contributed by atoms with Crippen molar-refractivity contribution >= 4 is 11.6 Å². The molecule has 0 spiro atoms. The number of rotatable bonds is 3. The smallest absolute Gasteiger partial charge is 0.270 e. The van der Waals surface area contributed by atoms with E-state index >= 15 is 0 Å². The minimum absolute atomic E-state index is 0.155. The van der Waals surface area contributed by atoms with E-state index in [9.17, 15) is 4.79 Å². The van der Waals surface area contributed by atoms with E-state index in [-0.39, 0.29) is 18.1 Å². The van der Waals surface area contributed by atoms with Crippen LogP contribution in [0.25, 0.3) is 0 Å². The van der Waals surface area contributed by atoms with Crippen LogP contribution in [0.4, 0.5) is 5.69 Å². The van der Waals surface area contributed by atoms with E-state index < -0.39 is 0 Å². The lowest BCUT2D eigenvalue weighted by molar-refractivity contribution is 0.0136.